The van der Waals surface area contributed by atoms with Crippen LogP contribution < -0.4 is 0 Å². The van der Waals surface area contributed by atoms with E-state index in [9.17, 15) is 15.0 Å². The first-order valence-corrected chi connectivity index (χ1v) is 6.49. The maximum atomic E-state index is 12.4. The minimum atomic E-state index is -0.415. The van der Waals surface area contributed by atoms with Gasteiger partial charge in [0, 0.05) is 12.6 Å². The van der Waals surface area contributed by atoms with Gasteiger partial charge in [0.05, 0.1) is 12.2 Å². The number of aromatic hydroxyl groups is 2. The van der Waals surface area contributed by atoms with Crippen molar-refractivity contribution in [3.63, 3.8) is 0 Å². The van der Waals surface area contributed by atoms with Gasteiger partial charge in [-0.25, -0.2) is 0 Å². The molecular weight excluding hydrogens is 246 g/mol. The van der Waals surface area contributed by atoms with Crippen LogP contribution >= 0.6 is 0 Å². The van der Waals surface area contributed by atoms with E-state index < -0.39 is 5.75 Å². The van der Waals surface area contributed by atoms with E-state index in [2.05, 4.69) is 0 Å². The number of amides is 1. The lowest BCUT2D eigenvalue weighted by atomic mass is 10.1. The maximum absolute atomic E-state index is 12.4. The van der Waals surface area contributed by atoms with Crippen LogP contribution in [0.15, 0.2) is 18.2 Å². The predicted molar refractivity (Wildman–Crippen MR) is 72.3 cm³/mol. The number of aliphatic hydroxyl groups is 1. The molecule has 0 aliphatic rings. The maximum Gasteiger partial charge on any atom is 0.258 e. The van der Waals surface area contributed by atoms with Crippen molar-refractivity contribution in [3.05, 3.63) is 23.8 Å². The smallest absolute Gasteiger partial charge is 0.258 e. The normalized spacial score (nSPS) is 10.7. The number of rotatable bonds is 6. The monoisotopic (exact) mass is 267 g/mol. The first kappa shape index (κ1) is 15.3. The predicted octanol–water partition coefficient (Wildman–Crippen LogP) is 1.72. The van der Waals surface area contributed by atoms with Gasteiger partial charge in [0.25, 0.3) is 5.91 Å². The Morgan fingerprint density at radius 1 is 1.26 bits per heavy atom. The summed E-state index contributed by atoms with van der Waals surface area (Å²) in [6, 6.07) is 4.29. The molecule has 106 valence electrons. The molecule has 1 rings (SSSR count). The fourth-order valence-corrected chi connectivity index (χ4v) is 2.15. The molecule has 1 aromatic rings. The highest BCUT2D eigenvalue weighted by Gasteiger charge is 2.24. The van der Waals surface area contributed by atoms with E-state index >= 15 is 0 Å². The summed E-state index contributed by atoms with van der Waals surface area (Å²) in [4.78, 5) is 13.9. The first-order chi connectivity index (χ1) is 9.06. The lowest BCUT2D eigenvalue weighted by Gasteiger charge is -2.30. The first-order valence-electron chi connectivity index (χ1n) is 6.49. The summed E-state index contributed by atoms with van der Waals surface area (Å²) in [5.74, 6) is -1.11. The van der Waals surface area contributed by atoms with Crippen molar-refractivity contribution in [1.82, 2.24) is 4.90 Å². The lowest BCUT2D eigenvalue weighted by molar-refractivity contribution is 0.0618. The van der Waals surface area contributed by atoms with Gasteiger partial charge in [-0.15, -0.1) is 0 Å². The third-order valence-corrected chi connectivity index (χ3v) is 3.23. The number of aliphatic hydroxyl groups excluding tert-OH is 1. The molecule has 19 heavy (non-hydrogen) atoms. The number of benzene rings is 1. The Bertz CT molecular complexity index is 429. The van der Waals surface area contributed by atoms with Gasteiger partial charge in [0.15, 0.2) is 11.5 Å². The van der Waals surface area contributed by atoms with Crippen molar-refractivity contribution in [2.24, 2.45) is 0 Å². The SMILES string of the molecule is CCC(CC)N(CCO)C(=O)c1cccc(O)c1O. The Labute approximate surface area is 113 Å². The summed E-state index contributed by atoms with van der Waals surface area (Å²) in [6.07, 6.45) is 1.53. The van der Waals surface area contributed by atoms with Crippen LogP contribution in [0.25, 0.3) is 0 Å². The Morgan fingerprint density at radius 3 is 2.42 bits per heavy atom. The second-order valence-electron chi connectivity index (χ2n) is 4.37. The lowest BCUT2D eigenvalue weighted by Crippen LogP contribution is -2.41. The molecule has 1 amide bonds. The van der Waals surface area contributed by atoms with E-state index in [4.69, 9.17) is 5.11 Å². The van der Waals surface area contributed by atoms with Crippen LogP contribution in [0.3, 0.4) is 0 Å². The van der Waals surface area contributed by atoms with Crippen LogP contribution in [-0.4, -0.2) is 45.3 Å². The van der Waals surface area contributed by atoms with Crippen LogP contribution in [-0.2, 0) is 0 Å². The Balaban J connectivity index is 3.08. The van der Waals surface area contributed by atoms with Crippen molar-refractivity contribution in [3.8, 4) is 11.5 Å². The average molecular weight is 267 g/mol. The molecule has 0 spiro atoms. The molecular formula is C14H21NO4. The number of nitrogens with zero attached hydrogens (tertiary/aromatic N) is 1. The molecule has 0 saturated heterocycles. The summed E-state index contributed by atoms with van der Waals surface area (Å²) < 4.78 is 0. The fraction of sp³-hybridized carbons (Fsp3) is 0.500. The average Bonchev–Trinajstić information content (AvgIpc) is 2.41. The van der Waals surface area contributed by atoms with E-state index in [0.29, 0.717) is 0 Å². The van der Waals surface area contributed by atoms with E-state index in [1.165, 1.54) is 23.1 Å². The Hall–Kier alpha value is -1.75. The zero-order valence-corrected chi connectivity index (χ0v) is 11.3. The van der Waals surface area contributed by atoms with Crippen molar-refractivity contribution >= 4 is 5.91 Å². The largest absolute Gasteiger partial charge is 0.504 e. The molecule has 0 radical (unpaired) electrons. The van der Waals surface area contributed by atoms with Crippen LogP contribution in [0, 0.1) is 0 Å². The summed E-state index contributed by atoms with van der Waals surface area (Å²) in [7, 11) is 0. The summed E-state index contributed by atoms with van der Waals surface area (Å²) in [6.45, 7) is 4.00. The minimum Gasteiger partial charge on any atom is -0.504 e. The molecule has 0 aromatic heterocycles. The number of carbonyl (C=O) groups excluding carboxylic acids is 1. The second kappa shape index (κ2) is 6.99. The standard InChI is InChI=1S/C14H21NO4/c1-3-10(4-2)15(8-9-16)14(19)11-6-5-7-12(17)13(11)18/h5-7,10,16-18H,3-4,8-9H2,1-2H3. The van der Waals surface area contributed by atoms with Crippen molar-refractivity contribution in [1.29, 1.82) is 0 Å². The number of phenolic OH excluding ortho intramolecular Hbond substituents is 2. The van der Waals surface area contributed by atoms with E-state index in [-0.39, 0.29) is 36.4 Å². The zero-order chi connectivity index (χ0) is 14.4. The third kappa shape index (κ3) is 3.38. The molecule has 0 fully saturated rings. The topological polar surface area (TPSA) is 81.0 Å². The summed E-state index contributed by atoms with van der Waals surface area (Å²) in [5.41, 5.74) is 0.0559. The van der Waals surface area contributed by atoms with E-state index in [1.807, 2.05) is 13.8 Å². The highest BCUT2D eigenvalue weighted by molar-refractivity contribution is 5.97. The third-order valence-electron chi connectivity index (χ3n) is 3.23. The van der Waals surface area contributed by atoms with Gasteiger partial charge in [-0.1, -0.05) is 19.9 Å². The molecule has 5 heteroatoms. The molecule has 3 N–H and O–H groups in total. The molecule has 0 unspecified atom stereocenters. The summed E-state index contributed by atoms with van der Waals surface area (Å²) in [5, 5.41) is 28.3. The van der Waals surface area contributed by atoms with Crippen LogP contribution in [0.5, 0.6) is 11.5 Å². The quantitative estimate of drug-likeness (QED) is 0.685. The Morgan fingerprint density at radius 2 is 1.89 bits per heavy atom. The molecule has 0 bridgehead atoms. The van der Waals surface area contributed by atoms with Gasteiger partial charge >= 0.3 is 0 Å². The Kier molecular flexibility index (Phi) is 5.63. The number of para-hydroxylation sites is 1. The van der Waals surface area contributed by atoms with Crippen LogP contribution in [0.4, 0.5) is 0 Å². The number of phenols is 2. The minimum absolute atomic E-state index is 0.00130. The molecule has 0 saturated carbocycles. The molecule has 1 aromatic carbocycles. The van der Waals surface area contributed by atoms with Crippen LogP contribution in [0.2, 0.25) is 0 Å². The number of hydrogen-bond acceptors (Lipinski definition) is 4. The van der Waals surface area contributed by atoms with Crippen LogP contribution in [0.1, 0.15) is 37.0 Å². The number of hydrogen-bond donors (Lipinski definition) is 3. The highest BCUT2D eigenvalue weighted by atomic mass is 16.3. The zero-order valence-electron chi connectivity index (χ0n) is 11.3. The molecule has 0 heterocycles. The van der Waals surface area contributed by atoms with Gasteiger partial charge < -0.3 is 20.2 Å². The molecule has 5 nitrogen and oxygen atoms in total. The molecule has 0 aliphatic heterocycles. The van der Waals surface area contributed by atoms with Gasteiger partial charge in [-0.3, -0.25) is 4.79 Å². The highest BCUT2D eigenvalue weighted by Crippen LogP contribution is 2.29. The van der Waals surface area contributed by atoms with Gasteiger partial charge in [-0.05, 0) is 25.0 Å². The van der Waals surface area contributed by atoms with E-state index in [1.54, 1.807) is 0 Å². The number of carbonyl (C=O) groups is 1. The fourth-order valence-electron chi connectivity index (χ4n) is 2.15. The summed E-state index contributed by atoms with van der Waals surface area (Å²) >= 11 is 0. The van der Waals surface area contributed by atoms with E-state index in [0.717, 1.165) is 12.8 Å². The van der Waals surface area contributed by atoms with Crippen molar-refractivity contribution in [2.75, 3.05) is 13.2 Å². The molecule has 0 atom stereocenters. The van der Waals surface area contributed by atoms with Gasteiger partial charge in [-0.2, -0.15) is 0 Å². The second-order valence-corrected chi connectivity index (χ2v) is 4.37. The van der Waals surface area contributed by atoms with Gasteiger partial charge in [0.1, 0.15) is 0 Å². The van der Waals surface area contributed by atoms with Crippen molar-refractivity contribution in [2.45, 2.75) is 32.7 Å². The van der Waals surface area contributed by atoms with Crippen molar-refractivity contribution < 1.29 is 20.1 Å². The molecule has 0 aliphatic carbocycles. The van der Waals surface area contributed by atoms with Gasteiger partial charge in [0.2, 0.25) is 0 Å².